The van der Waals surface area contributed by atoms with E-state index in [0.717, 1.165) is 36.4 Å². The summed E-state index contributed by atoms with van der Waals surface area (Å²) in [5.74, 6) is 1.04. The molecule has 158 valence electrons. The Morgan fingerprint density at radius 2 is 2.00 bits per heavy atom. The topological polar surface area (TPSA) is 51.2 Å². The average molecular weight is 408 g/mol. The van der Waals surface area contributed by atoms with Gasteiger partial charge < -0.3 is 19.1 Å². The largest absolute Gasteiger partial charge is 0.496 e. The Morgan fingerprint density at radius 3 is 2.77 bits per heavy atom. The van der Waals surface area contributed by atoms with Crippen molar-refractivity contribution in [3.8, 4) is 5.75 Å². The summed E-state index contributed by atoms with van der Waals surface area (Å²) >= 11 is 0. The Kier molecular flexibility index (Phi) is 5.01. The predicted molar refractivity (Wildman–Crippen MR) is 112 cm³/mol. The number of likely N-dealkylation sites (tertiary alicyclic amines) is 1. The number of hydrogen-bond acceptors (Lipinski definition) is 5. The van der Waals surface area contributed by atoms with Crippen molar-refractivity contribution in [1.29, 1.82) is 0 Å². The minimum Gasteiger partial charge on any atom is -0.496 e. The van der Waals surface area contributed by atoms with Gasteiger partial charge in [-0.2, -0.15) is 0 Å². The number of nitrogens with zero attached hydrogens (tertiary/aromatic N) is 2. The highest BCUT2D eigenvalue weighted by atomic mass is 16.5. The van der Waals surface area contributed by atoms with E-state index in [1.54, 1.807) is 14.2 Å². The van der Waals surface area contributed by atoms with Crippen LogP contribution in [0.1, 0.15) is 35.6 Å². The molecule has 3 fully saturated rings. The lowest BCUT2D eigenvalue weighted by atomic mass is 10.1. The number of carbonyl (C=O) groups excluding carboxylic acids is 1. The van der Waals surface area contributed by atoms with Crippen LogP contribution < -0.4 is 4.74 Å². The molecule has 30 heavy (non-hydrogen) atoms. The number of benzene rings is 2. The molecule has 1 amide bonds. The molecule has 3 aliphatic rings. The summed E-state index contributed by atoms with van der Waals surface area (Å²) in [7, 11) is 3.37. The lowest BCUT2D eigenvalue weighted by molar-refractivity contribution is -0.138. The van der Waals surface area contributed by atoms with E-state index in [2.05, 4.69) is 29.2 Å². The molecule has 2 aromatic carbocycles. The van der Waals surface area contributed by atoms with Gasteiger partial charge in [-0.25, -0.2) is 0 Å². The SMILES string of the molecule is COCc1cc(CN2CC[C@@]34O[C@@H](c5ccccc5)CN3C(=O)C[C@@H]24)ccc1OC. The summed E-state index contributed by atoms with van der Waals surface area (Å²) in [6.07, 6.45) is 1.34. The van der Waals surface area contributed by atoms with Crippen LogP contribution in [0.4, 0.5) is 0 Å². The Bertz CT molecular complexity index is 934. The molecule has 0 radical (unpaired) electrons. The first kappa shape index (κ1) is 19.5. The molecular formula is C24H28N2O4. The van der Waals surface area contributed by atoms with Gasteiger partial charge in [0.05, 0.1) is 26.3 Å². The molecule has 3 heterocycles. The van der Waals surface area contributed by atoms with Crippen molar-refractivity contribution in [2.45, 2.75) is 43.9 Å². The van der Waals surface area contributed by atoms with E-state index in [1.165, 1.54) is 5.56 Å². The van der Waals surface area contributed by atoms with Crippen molar-refractivity contribution in [2.24, 2.45) is 0 Å². The van der Waals surface area contributed by atoms with E-state index in [0.29, 0.717) is 19.6 Å². The van der Waals surface area contributed by atoms with Crippen molar-refractivity contribution in [1.82, 2.24) is 9.80 Å². The second-order valence-corrected chi connectivity index (χ2v) is 8.39. The number of carbonyl (C=O) groups is 1. The number of amides is 1. The van der Waals surface area contributed by atoms with Crippen LogP contribution in [-0.2, 0) is 27.4 Å². The monoisotopic (exact) mass is 408 g/mol. The number of hydrogen-bond donors (Lipinski definition) is 0. The van der Waals surface area contributed by atoms with Gasteiger partial charge >= 0.3 is 0 Å². The molecule has 0 bridgehead atoms. The summed E-state index contributed by atoms with van der Waals surface area (Å²) in [6.45, 7) is 2.86. The first-order valence-electron chi connectivity index (χ1n) is 10.6. The zero-order valence-electron chi connectivity index (χ0n) is 17.5. The van der Waals surface area contributed by atoms with Gasteiger partial charge in [0.15, 0.2) is 5.72 Å². The minimum atomic E-state index is -0.487. The van der Waals surface area contributed by atoms with Crippen molar-refractivity contribution in [2.75, 3.05) is 27.3 Å². The summed E-state index contributed by atoms with van der Waals surface area (Å²) in [5, 5.41) is 0. The molecule has 0 aromatic heterocycles. The Labute approximate surface area is 177 Å². The quantitative estimate of drug-likeness (QED) is 0.735. The minimum absolute atomic E-state index is 0.0489. The average Bonchev–Trinajstić information content (AvgIpc) is 3.39. The van der Waals surface area contributed by atoms with Crippen LogP contribution in [0.5, 0.6) is 5.75 Å². The second kappa shape index (κ2) is 7.69. The van der Waals surface area contributed by atoms with E-state index in [9.17, 15) is 4.79 Å². The molecule has 0 aliphatic carbocycles. The van der Waals surface area contributed by atoms with Crippen molar-refractivity contribution in [3.05, 3.63) is 65.2 Å². The van der Waals surface area contributed by atoms with E-state index in [-0.39, 0.29) is 18.1 Å². The molecule has 3 atom stereocenters. The number of rotatable bonds is 6. The van der Waals surface area contributed by atoms with Crippen LogP contribution >= 0.6 is 0 Å². The summed E-state index contributed by atoms with van der Waals surface area (Å²) < 4.78 is 17.4. The van der Waals surface area contributed by atoms with Gasteiger partial charge in [-0.1, -0.05) is 36.4 Å². The fraction of sp³-hybridized carbons (Fsp3) is 0.458. The molecule has 0 N–H and O–H groups in total. The lowest BCUT2D eigenvalue weighted by Gasteiger charge is -2.32. The predicted octanol–water partition coefficient (Wildman–Crippen LogP) is 3.12. The highest BCUT2D eigenvalue weighted by Crippen LogP contribution is 2.50. The highest BCUT2D eigenvalue weighted by molar-refractivity contribution is 5.81. The maximum atomic E-state index is 12.8. The fourth-order valence-electron chi connectivity index (χ4n) is 5.37. The summed E-state index contributed by atoms with van der Waals surface area (Å²) in [6, 6.07) is 16.6. The van der Waals surface area contributed by atoms with Gasteiger partial charge in [-0.3, -0.25) is 9.69 Å². The normalized spacial score (nSPS) is 28.1. The van der Waals surface area contributed by atoms with Crippen molar-refractivity contribution >= 4 is 5.91 Å². The molecule has 3 saturated heterocycles. The van der Waals surface area contributed by atoms with Crippen LogP contribution in [0.25, 0.3) is 0 Å². The van der Waals surface area contributed by atoms with E-state index in [1.807, 2.05) is 29.2 Å². The van der Waals surface area contributed by atoms with Crippen LogP contribution in [0.15, 0.2) is 48.5 Å². The van der Waals surface area contributed by atoms with Crippen LogP contribution in [0, 0.1) is 0 Å². The first-order valence-corrected chi connectivity index (χ1v) is 10.6. The molecule has 0 unspecified atom stereocenters. The van der Waals surface area contributed by atoms with Gasteiger partial charge in [0.25, 0.3) is 0 Å². The van der Waals surface area contributed by atoms with E-state index >= 15 is 0 Å². The molecule has 0 saturated carbocycles. The van der Waals surface area contributed by atoms with Gasteiger partial charge in [-0.05, 0) is 23.3 Å². The molecule has 6 nitrogen and oxygen atoms in total. The molecule has 1 spiro atoms. The van der Waals surface area contributed by atoms with Gasteiger partial charge in [-0.15, -0.1) is 0 Å². The Balaban J connectivity index is 1.37. The highest BCUT2D eigenvalue weighted by Gasteiger charge is 2.63. The van der Waals surface area contributed by atoms with Crippen molar-refractivity contribution in [3.63, 3.8) is 0 Å². The smallest absolute Gasteiger partial charge is 0.226 e. The molecule has 6 heteroatoms. The first-order chi connectivity index (χ1) is 14.6. The maximum Gasteiger partial charge on any atom is 0.226 e. The van der Waals surface area contributed by atoms with E-state index < -0.39 is 5.72 Å². The summed E-state index contributed by atoms with van der Waals surface area (Å²) in [4.78, 5) is 17.3. The molecular weight excluding hydrogens is 380 g/mol. The Morgan fingerprint density at radius 1 is 1.17 bits per heavy atom. The maximum absolute atomic E-state index is 12.8. The summed E-state index contributed by atoms with van der Waals surface area (Å²) in [5.41, 5.74) is 2.89. The van der Waals surface area contributed by atoms with Gasteiger partial charge in [0.1, 0.15) is 11.9 Å². The van der Waals surface area contributed by atoms with E-state index in [4.69, 9.17) is 14.2 Å². The van der Waals surface area contributed by atoms with Gasteiger partial charge in [0, 0.05) is 38.6 Å². The Hall–Kier alpha value is -2.41. The van der Waals surface area contributed by atoms with Crippen LogP contribution in [-0.4, -0.2) is 54.8 Å². The van der Waals surface area contributed by atoms with Gasteiger partial charge in [0.2, 0.25) is 5.91 Å². The van der Waals surface area contributed by atoms with Crippen molar-refractivity contribution < 1.29 is 19.0 Å². The molecule has 5 rings (SSSR count). The standard InChI is InChI=1S/C24H28N2O4/c1-28-16-19-12-17(8-9-20(19)29-2)14-25-11-10-24-22(25)13-23(27)26(24)15-21(30-24)18-6-4-3-5-7-18/h3-9,12,21-22H,10-11,13-16H2,1-2H3/t21-,22-,24+/m1/s1. The van der Waals surface area contributed by atoms with Crippen LogP contribution in [0.2, 0.25) is 0 Å². The second-order valence-electron chi connectivity index (χ2n) is 8.39. The molecule has 3 aliphatic heterocycles. The number of ether oxygens (including phenoxy) is 3. The van der Waals surface area contributed by atoms with Crippen LogP contribution in [0.3, 0.4) is 0 Å². The zero-order chi connectivity index (χ0) is 20.7. The fourth-order valence-corrected chi connectivity index (χ4v) is 5.37. The zero-order valence-corrected chi connectivity index (χ0v) is 17.5. The third-order valence-electron chi connectivity index (χ3n) is 6.74. The number of methoxy groups -OCH3 is 2. The third kappa shape index (κ3) is 3.11. The third-order valence-corrected chi connectivity index (χ3v) is 6.74. The lowest BCUT2D eigenvalue weighted by Crippen LogP contribution is -2.47. The molecule has 2 aromatic rings.